The molecule has 6 heteroatoms. The van der Waals surface area contributed by atoms with Crippen LogP contribution in [0.3, 0.4) is 0 Å². The molecule has 0 N–H and O–H groups in total. The number of hydrogen-bond acceptors (Lipinski definition) is 4. The zero-order valence-electron chi connectivity index (χ0n) is 19.3. The van der Waals surface area contributed by atoms with Crippen LogP contribution in [0.15, 0.2) is 59.2 Å². The summed E-state index contributed by atoms with van der Waals surface area (Å²) in [5, 5.41) is 0. The fraction of sp³-hybridized carbons (Fsp3) is 0.423. The van der Waals surface area contributed by atoms with Crippen LogP contribution in [0.25, 0.3) is 0 Å². The summed E-state index contributed by atoms with van der Waals surface area (Å²) in [5.74, 6) is 0.959. The van der Waals surface area contributed by atoms with Gasteiger partial charge in [-0.15, -0.1) is 0 Å². The molecule has 1 aromatic carbocycles. The van der Waals surface area contributed by atoms with E-state index < -0.39 is 0 Å². The van der Waals surface area contributed by atoms with E-state index in [9.17, 15) is 4.79 Å². The van der Waals surface area contributed by atoms with Gasteiger partial charge in [-0.2, -0.15) is 0 Å². The lowest BCUT2D eigenvalue weighted by Gasteiger charge is -2.35. The molecular weight excluding hydrogens is 402 g/mol. The first-order chi connectivity index (χ1) is 15.5. The van der Waals surface area contributed by atoms with Gasteiger partial charge in [-0.3, -0.25) is 9.69 Å². The summed E-state index contributed by atoms with van der Waals surface area (Å²) >= 11 is 0. The summed E-state index contributed by atoms with van der Waals surface area (Å²) < 4.78 is 13.2. The number of furan rings is 1. The molecule has 170 valence electrons. The minimum absolute atomic E-state index is 0.0772. The Morgan fingerprint density at radius 2 is 1.84 bits per heavy atom. The molecule has 32 heavy (non-hydrogen) atoms. The van der Waals surface area contributed by atoms with Gasteiger partial charge in [-0.1, -0.05) is 30.3 Å². The Bertz CT molecular complexity index is 1000. The van der Waals surface area contributed by atoms with Crippen LogP contribution in [0.2, 0.25) is 0 Å². The molecule has 4 rings (SSSR count). The predicted molar refractivity (Wildman–Crippen MR) is 125 cm³/mol. The van der Waals surface area contributed by atoms with Crippen LogP contribution in [-0.2, 0) is 17.8 Å². The minimum atomic E-state index is 0.0772. The van der Waals surface area contributed by atoms with Crippen LogP contribution >= 0.6 is 0 Å². The van der Waals surface area contributed by atoms with Crippen LogP contribution in [-0.4, -0.2) is 59.2 Å². The Morgan fingerprint density at radius 1 is 1.09 bits per heavy atom. The molecule has 1 saturated heterocycles. The maximum Gasteiger partial charge on any atom is 0.256 e. The number of morpholine rings is 1. The Morgan fingerprint density at radius 3 is 2.53 bits per heavy atom. The first-order valence-electron chi connectivity index (χ1n) is 11.4. The fourth-order valence-corrected chi connectivity index (χ4v) is 4.44. The van der Waals surface area contributed by atoms with Gasteiger partial charge in [0.1, 0.15) is 5.76 Å². The number of carbonyl (C=O) groups excluding carboxylic acids is 1. The molecule has 1 aliphatic rings. The second kappa shape index (κ2) is 10.2. The molecule has 3 heterocycles. The van der Waals surface area contributed by atoms with Gasteiger partial charge in [-0.05, 0) is 44.5 Å². The van der Waals surface area contributed by atoms with Gasteiger partial charge < -0.3 is 18.6 Å². The third-order valence-corrected chi connectivity index (χ3v) is 6.31. The van der Waals surface area contributed by atoms with E-state index in [0.717, 1.165) is 61.1 Å². The van der Waals surface area contributed by atoms with Gasteiger partial charge in [-0.25, -0.2) is 0 Å². The summed E-state index contributed by atoms with van der Waals surface area (Å²) in [6.07, 6.45) is 1.68. The second-order valence-electron chi connectivity index (χ2n) is 8.63. The molecular formula is C26H33N3O3. The largest absolute Gasteiger partial charge is 0.467 e. The Balaban J connectivity index is 1.59. The van der Waals surface area contributed by atoms with Crippen molar-refractivity contribution in [2.45, 2.75) is 39.9 Å². The summed E-state index contributed by atoms with van der Waals surface area (Å²) in [5.41, 5.74) is 3.93. The highest BCUT2D eigenvalue weighted by Gasteiger charge is 2.27. The number of carbonyl (C=O) groups is 1. The molecule has 0 radical (unpaired) electrons. The maximum atomic E-state index is 13.9. The van der Waals surface area contributed by atoms with Crippen molar-refractivity contribution >= 4 is 5.91 Å². The second-order valence-corrected chi connectivity index (χ2v) is 8.63. The molecule has 1 atom stereocenters. The molecule has 0 saturated carbocycles. The van der Waals surface area contributed by atoms with Crippen molar-refractivity contribution in [3.05, 3.63) is 83.1 Å². The zero-order valence-corrected chi connectivity index (χ0v) is 19.3. The minimum Gasteiger partial charge on any atom is -0.467 e. The van der Waals surface area contributed by atoms with Gasteiger partial charge in [0.15, 0.2) is 0 Å². The van der Waals surface area contributed by atoms with Gasteiger partial charge in [0.25, 0.3) is 5.91 Å². The average molecular weight is 436 g/mol. The van der Waals surface area contributed by atoms with Crippen LogP contribution in [0, 0.1) is 13.8 Å². The summed E-state index contributed by atoms with van der Waals surface area (Å²) in [6.45, 7) is 11.6. The zero-order chi connectivity index (χ0) is 22.5. The smallest absolute Gasteiger partial charge is 0.256 e. The quantitative estimate of drug-likeness (QED) is 0.534. The van der Waals surface area contributed by atoms with E-state index in [0.29, 0.717) is 13.1 Å². The van der Waals surface area contributed by atoms with Crippen molar-refractivity contribution in [2.24, 2.45) is 0 Å². The number of amides is 1. The Hall–Kier alpha value is -2.83. The highest BCUT2D eigenvalue weighted by Crippen LogP contribution is 2.22. The number of benzene rings is 1. The van der Waals surface area contributed by atoms with Gasteiger partial charge in [0.2, 0.25) is 0 Å². The lowest BCUT2D eigenvalue weighted by Crippen LogP contribution is -2.48. The Labute approximate surface area is 190 Å². The summed E-state index contributed by atoms with van der Waals surface area (Å²) in [6, 6.07) is 16.2. The van der Waals surface area contributed by atoms with Gasteiger partial charge in [0.05, 0.1) is 31.6 Å². The van der Waals surface area contributed by atoms with Crippen LogP contribution in [0.1, 0.15) is 40.0 Å². The highest BCUT2D eigenvalue weighted by molar-refractivity contribution is 5.96. The molecule has 3 aromatic rings. The van der Waals surface area contributed by atoms with Crippen molar-refractivity contribution in [3.8, 4) is 0 Å². The third-order valence-electron chi connectivity index (χ3n) is 6.31. The van der Waals surface area contributed by atoms with Crippen molar-refractivity contribution in [3.63, 3.8) is 0 Å². The number of hydrogen-bond donors (Lipinski definition) is 0. The maximum absolute atomic E-state index is 13.9. The van der Waals surface area contributed by atoms with Crippen molar-refractivity contribution in [1.29, 1.82) is 0 Å². The van der Waals surface area contributed by atoms with Crippen LogP contribution in [0.5, 0.6) is 0 Å². The molecule has 1 aliphatic heterocycles. The van der Waals surface area contributed by atoms with E-state index in [4.69, 9.17) is 9.15 Å². The van der Waals surface area contributed by atoms with E-state index >= 15 is 0 Å². The standard InChI is InChI=1S/C26H33N3O3/c1-20-16-25(22(3)28(20)19-24-10-7-13-32-24)26(30)29(18-23-8-5-4-6-9-23)21(2)17-27-11-14-31-15-12-27/h4-10,13,16,21H,11-12,14-15,17-19H2,1-3H3. The van der Waals surface area contributed by atoms with E-state index in [1.807, 2.05) is 55.1 Å². The number of ether oxygens (including phenoxy) is 1. The molecule has 6 nitrogen and oxygen atoms in total. The van der Waals surface area contributed by atoms with Gasteiger partial charge >= 0.3 is 0 Å². The van der Waals surface area contributed by atoms with Gasteiger partial charge in [0, 0.05) is 43.6 Å². The SMILES string of the molecule is Cc1cc(C(=O)N(Cc2ccccc2)C(C)CN2CCOCC2)c(C)n1Cc1ccco1. The summed E-state index contributed by atoms with van der Waals surface area (Å²) in [7, 11) is 0. The average Bonchev–Trinajstić information content (AvgIpc) is 3.42. The third kappa shape index (κ3) is 5.14. The lowest BCUT2D eigenvalue weighted by molar-refractivity contribution is 0.0228. The van der Waals surface area contributed by atoms with E-state index in [1.54, 1.807) is 6.26 Å². The van der Waals surface area contributed by atoms with Crippen molar-refractivity contribution < 1.29 is 13.9 Å². The summed E-state index contributed by atoms with van der Waals surface area (Å²) in [4.78, 5) is 18.3. The molecule has 0 bridgehead atoms. The number of aromatic nitrogens is 1. The lowest BCUT2D eigenvalue weighted by atomic mass is 10.1. The predicted octanol–water partition coefficient (Wildman–Crippen LogP) is 4.11. The van der Waals surface area contributed by atoms with Crippen LogP contribution < -0.4 is 0 Å². The van der Waals surface area contributed by atoms with E-state index in [2.05, 4.69) is 28.5 Å². The van der Waals surface area contributed by atoms with E-state index in [-0.39, 0.29) is 11.9 Å². The molecule has 1 amide bonds. The normalized spacial score (nSPS) is 15.6. The number of nitrogens with zero attached hydrogens (tertiary/aromatic N) is 3. The molecule has 0 aliphatic carbocycles. The van der Waals surface area contributed by atoms with Crippen molar-refractivity contribution in [2.75, 3.05) is 32.8 Å². The first kappa shape index (κ1) is 22.4. The number of aryl methyl sites for hydroxylation is 1. The molecule has 1 unspecified atom stereocenters. The topological polar surface area (TPSA) is 50.9 Å². The molecule has 1 fully saturated rings. The molecule has 2 aromatic heterocycles. The Kier molecular flexibility index (Phi) is 7.12. The van der Waals surface area contributed by atoms with Crippen molar-refractivity contribution in [1.82, 2.24) is 14.4 Å². The number of rotatable bonds is 8. The van der Waals surface area contributed by atoms with Crippen LogP contribution in [0.4, 0.5) is 0 Å². The molecule has 0 spiro atoms. The monoisotopic (exact) mass is 435 g/mol. The highest BCUT2D eigenvalue weighted by atomic mass is 16.5. The first-order valence-corrected chi connectivity index (χ1v) is 11.4. The fourth-order valence-electron chi connectivity index (χ4n) is 4.44. The van der Waals surface area contributed by atoms with E-state index in [1.165, 1.54) is 0 Å².